The van der Waals surface area contributed by atoms with Crippen LogP contribution in [0.3, 0.4) is 0 Å². The van der Waals surface area contributed by atoms with E-state index in [0.29, 0.717) is 17.0 Å². The summed E-state index contributed by atoms with van der Waals surface area (Å²) >= 11 is 1.70. The zero-order valence-electron chi connectivity index (χ0n) is 10.7. The zero-order chi connectivity index (χ0) is 13.1. The minimum Gasteiger partial charge on any atom is -0.361 e. The second-order valence-corrected chi connectivity index (χ2v) is 5.39. The molecule has 4 nitrogen and oxygen atoms in total. The average molecular weight is 264 g/mol. The summed E-state index contributed by atoms with van der Waals surface area (Å²) in [6.45, 7) is 5.52. The van der Waals surface area contributed by atoms with Gasteiger partial charge in [0.1, 0.15) is 11.3 Å². The topological polar surface area (TPSA) is 55.1 Å². The first-order valence-corrected chi connectivity index (χ1v) is 6.72. The van der Waals surface area contributed by atoms with Crippen LogP contribution in [0.1, 0.15) is 33.6 Å². The first kappa shape index (κ1) is 12.8. The van der Waals surface area contributed by atoms with Gasteiger partial charge in [0.25, 0.3) is 5.91 Å². The molecule has 2 aromatic rings. The predicted octanol–water partition coefficient (Wildman–Crippen LogP) is 2.71. The Hall–Kier alpha value is -1.62. The maximum Gasteiger partial charge on any atom is 0.257 e. The third-order valence-electron chi connectivity index (χ3n) is 2.73. The van der Waals surface area contributed by atoms with Gasteiger partial charge < -0.3 is 9.84 Å². The summed E-state index contributed by atoms with van der Waals surface area (Å²) in [5.74, 6) is 0.448. The molecule has 0 bridgehead atoms. The fourth-order valence-electron chi connectivity index (χ4n) is 1.88. The number of hydrogen-bond acceptors (Lipinski definition) is 4. The largest absolute Gasteiger partial charge is 0.361 e. The Morgan fingerprint density at radius 3 is 2.89 bits per heavy atom. The van der Waals surface area contributed by atoms with Gasteiger partial charge in [0, 0.05) is 17.3 Å². The lowest BCUT2D eigenvalue weighted by Gasteiger charge is -2.12. The molecule has 0 aliphatic carbocycles. The Bertz CT molecular complexity index is 512. The number of carbonyl (C=O) groups excluding carboxylic acids is 1. The number of nitrogens with one attached hydrogen (secondary N) is 1. The Morgan fingerprint density at radius 1 is 1.56 bits per heavy atom. The van der Waals surface area contributed by atoms with Gasteiger partial charge in [-0.15, -0.1) is 11.3 Å². The molecule has 5 heteroatoms. The van der Waals surface area contributed by atoms with E-state index in [2.05, 4.69) is 16.5 Å². The van der Waals surface area contributed by atoms with Gasteiger partial charge in [0.05, 0.1) is 5.69 Å². The fourth-order valence-corrected chi connectivity index (χ4v) is 2.72. The highest BCUT2D eigenvalue weighted by Crippen LogP contribution is 2.14. The lowest BCUT2D eigenvalue weighted by molar-refractivity contribution is 0.0938. The van der Waals surface area contributed by atoms with E-state index in [1.165, 1.54) is 4.88 Å². The van der Waals surface area contributed by atoms with E-state index in [1.807, 2.05) is 18.4 Å². The summed E-state index contributed by atoms with van der Waals surface area (Å²) in [7, 11) is 0. The third kappa shape index (κ3) is 2.79. The molecule has 0 radical (unpaired) electrons. The summed E-state index contributed by atoms with van der Waals surface area (Å²) in [6.07, 6.45) is 0.840. The van der Waals surface area contributed by atoms with E-state index in [1.54, 1.807) is 25.2 Å². The van der Waals surface area contributed by atoms with Crippen molar-refractivity contribution in [3.05, 3.63) is 39.4 Å². The van der Waals surface area contributed by atoms with Gasteiger partial charge in [0.2, 0.25) is 0 Å². The molecule has 2 rings (SSSR count). The van der Waals surface area contributed by atoms with Crippen molar-refractivity contribution in [3.63, 3.8) is 0 Å². The Morgan fingerprint density at radius 2 is 2.33 bits per heavy atom. The fraction of sp³-hybridized carbons (Fsp3) is 0.385. The van der Waals surface area contributed by atoms with Crippen molar-refractivity contribution in [1.29, 1.82) is 0 Å². The van der Waals surface area contributed by atoms with Gasteiger partial charge in [-0.3, -0.25) is 4.79 Å². The van der Waals surface area contributed by atoms with E-state index >= 15 is 0 Å². The van der Waals surface area contributed by atoms with Crippen molar-refractivity contribution in [3.8, 4) is 0 Å². The van der Waals surface area contributed by atoms with Crippen LogP contribution < -0.4 is 5.32 Å². The summed E-state index contributed by atoms with van der Waals surface area (Å²) < 4.78 is 5.00. The zero-order valence-corrected chi connectivity index (χ0v) is 11.5. The molecule has 1 amide bonds. The summed E-state index contributed by atoms with van der Waals surface area (Å²) in [5.41, 5.74) is 1.18. The number of carbonyl (C=O) groups is 1. The Balaban J connectivity index is 1.99. The third-order valence-corrected chi connectivity index (χ3v) is 3.62. The standard InChI is InChI=1S/C13H16N2O2S/c1-8(7-11-5-4-6-18-11)14-13(16)12-9(2)15-17-10(12)3/h4-6,8H,7H2,1-3H3,(H,14,16). The Labute approximate surface area is 110 Å². The van der Waals surface area contributed by atoms with E-state index in [0.717, 1.165) is 6.42 Å². The van der Waals surface area contributed by atoms with Gasteiger partial charge in [-0.1, -0.05) is 11.2 Å². The predicted molar refractivity (Wildman–Crippen MR) is 70.9 cm³/mol. The van der Waals surface area contributed by atoms with Gasteiger partial charge in [0.15, 0.2) is 0 Å². The second-order valence-electron chi connectivity index (χ2n) is 4.36. The Kier molecular flexibility index (Phi) is 3.81. The van der Waals surface area contributed by atoms with Crippen LogP contribution in [0.25, 0.3) is 0 Å². The van der Waals surface area contributed by atoms with Gasteiger partial charge in [-0.2, -0.15) is 0 Å². The lowest BCUT2D eigenvalue weighted by Crippen LogP contribution is -2.34. The van der Waals surface area contributed by atoms with Crippen molar-refractivity contribution < 1.29 is 9.32 Å². The van der Waals surface area contributed by atoms with Crippen molar-refractivity contribution in [1.82, 2.24) is 10.5 Å². The summed E-state index contributed by atoms with van der Waals surface area (Å²) in [6, 6.07) is 4.18. The molecule has 96 valence electrons. The molecular formula is C13H16N2O2S. The maximum absolute atomic E-state index is 12.1. The normalized spacial score (nSPS) is 12.4. The molecule has 1 atom stereocenters. The molecule has 2 heterocycles. The van der Waals surface area contributed by atoms with Gasteiger partial charge in [-0.05, 0) is 32.2 Å². The van der Waals surface area contributed by atoms with Gasteiger partial charge in [-0.25, -0.2) is 0 Å². The SMILES string of the molecule is Cc1noc(C)c1C(=O)NC(C)Cc1cccs1. The molecule has 0 aliphatic rings. The lowest BCUT2D eigenvalue weighted by atomic mass is 10.1. The highest BCUT2D eigenvalue weighted by Gasteiger charge is 2.19. The molecule has 0 aromatic carbocycles. The van der Waals surface area contributed by atoms with Crippen molar-refractivity contribution in [2.24, 2.45) is 0 Å². The van der Waals surface area contributed by atoms with E-state index in [9.17, 15) is 4.79 Å². The number of aryl methyl sites for hydroxylation is 2. The molecule has 0 spiro atoms. The molecule has 2 aromatic heterocycles. The molecule has 0 saturated heterocycles. The number of thiophene rings is 1. The molecule has 0 fully saturated rings. The number of aromatic nitrogens is 1. The molecule has 1 N–H and O–H groups in total. The molecule has 0 saturated carbocycles. The summed E-state index contributed by atoms with van der Waals surface area (Å²) in [4.78, 5) is 13.3. The van der Waals surface area contributed by atoms with Crippen LogP contribution in [-0.4, -0.2) is 17.1 Å². The van der Waals surface area contributed by atoms with Crippen LogP contribution >= 0.6 is 11.3 Å². The first-order chi connectivity index (χ1) is 8.58. The second kappa shape index (κ2) is 5.35. The van der Waals surface area contributed by atoms with Crippen LogP contribution in [0, 0.1) is 13.8 Å². The number of rotatable bonds is 4. The van der Waals surface area contributed by atoms with Gasteiger partial charge >= 0.3 is 0 Å². The monoisotopic (exact) mass is 264 g/mol. The van der Waals surface area contributed by atoms with E-state index in [-0.39, 0.29) is 11.9 Å². The van der Waals surface area contributed by atoms with E-state index < -0.39 is 0 Å². The smallest absolute Gasteiger partial charge is 0.257 e. The maximum atomic E-state index is 12.1. The summed E-state index contributed by atoms with van der Waals surface area (Å²) in [5, 5.41) is 8.80. The first-order valence-electron chi connectivity index (χ1n) is 5.84. The van der Waals surface area contributed by atoms with Crippen LogP contribution in [-0.2, 0) is 6.42 Å². The van der Waals surface area contributed by atoms with Crippen LogP contribution in [0.2, 0.25) is 0 Å². The molecule has 18 heavy (non-hydrogen) atoms. The van der Waals surface area contributed by atoms with Crippen molar-refractivity contribution >= 4 is 17.2 Å². The van der Waals surface area contributed by atoms with Crippen LogP contribution in [0.15, 0.2) is 22.0 Å². The molecule has 0 aliphatic heterocycles. The highest BCUT2D eigenvalue weighted by molar-refractivity contribution is 7.09. The van der Waals surface area contributed by atoms with Crippen LogP contribution in [0.5, 0.6) is 0 Å². The van der Waals surface area contributed by atoms with Crippen LogP contribution in [0.4, 0.5) is 0 Å². The van der Waals surface area contributed by atoms with Crippen molar-refractivity contribution in [2.75, 3.05) is 0 Å². The minimum absolute atomic E-state index is 0.0878. The highest BCUT2D eigenvalue weighted by atomic mass is 32.1. The number of nitrogens with zero attached hydrogens (tertiary/aromatic N) is 1. The average Bonchev–Trinajstić information content (AvgIpc) is 2.89. The molecular weight excluding hydrogens is 248 g/mol. The number of amides is 1. The van der Waals surface area contributed by atoms with E-state index in [4.69, 9.17) is 4.52 Å². The molecule has 1 unspecified atom stereocenters. The number of hydrogen-bond donors (Lipinski definition) is 1. The minimum atomic E-state index is -0.115. The van der Waals surface area contributed by atoms with Crippen molar-refractivity contribution in [2.45, 2.75) is 33.2 Å². The quantitative estimate of drug-likeness (QED) is 0.923.